The largest absolute Gasteiger partial charge is 0.444 e. The quantitative estimate of drug-likeness (QED) is 0.887. The summed E-state index contributed by atoms with van der Waals surface area (Å²) in [6.07, 6.45) is 3.09. The number of carbonyl (C=O) groups excluding carboxylic acids is 1. The topological polar surface area (TPSA) is 80.0 Å². The van der Waals surface area contributed by atoms with Gasteiger partial charge in [0, 0.05) is 12.7 Å². The summed E-state index contributed by atoms with van der Waals surface area (Å²) in [5, 5.41) is 6.21. The summed E-state index contributed by atoms with van der Waals surface area (Å²) in [6.45, 7) is 6.25. The number of nitrogens with zero attached hydrogens (tertiary/aromatic N) is 2. The monoisotopic (exact) mass is 308 g/mol. The fraction of sp³-hybridized carbons (Fsp3) is 0.357. The number of amides is 1. The van der Waals surface area contributed by atoms with Gasteiger partial charge in [0.1, 0.15) is 17.6 Å². The van der Waals surface area contributed by atoms with Crippen molar-refractivity contribution in [2.24, 2.45) is 0 Å². The number of carbonyl (C=O) groups is 1. The van der Waals surface area contributed by atoms with Crippen LogP contribution in [-0.4, -0.2) is 22.4 Å². The van der Waals surface area contributed by atoms with E-state index in [0.717, 1.165) is 0 Å². The van der Waals surface area contributed by atoms with Gasteiger partial charge in [-0.3, -0.25) is 4.79 Å². The molecule has 2 N–H and O–H groups in total. The summed E-state index contributed by atoms with van der Waals surface area (Å²) in [4.78, 5) is 20.4. The molecule has 0 saturated carbocycles. The van der Waals surface area contributed by atoms with E-state index >= 15 is 0 Å². The highest BCUT2D eigenvalue weighted by atomic mass is 35.5. The van der Waals surface area contributed by atoms with Crippen LogP contribution < -0.4 is 10.6 Å². The molecular weight excluding hydrogens is 292 g/mol. The molecule has 1 atom stereocenters. The predicted molar refractivity (Wildman–Crippen MR) is 80.5 cm³/mol. The lowest BCUT2D eigenvalue weighted by atomic mass is 10.2. The second-order valence-electron chi connectivity index (χ2n) is 4.59. The average Bonchev–Trinajstić information content (AvgIpc) is 2.88. The molecule has 0 aromatic carbocycles. The van der Waals surface area contributed by atoms with Gasteiger partial charge in [0.05, 0.1) is 16.8 Å². The van der Waals surface area contributed by atoms with Gasteiger partial charge in [0.15, 0.2) is 0 Å². The molecule has 7 heteroatoms. The number of rotatable bonds is 5. The molecule has 0 aliphatic rings. The zero-order valence-electron chi connectivity index (χ0n) is 12.1. The first-order chi connectivity index (χ1) is 10.0. The minimum absolute atomic E-state index is 0.282. The molecule has 0 aliphatic carbocycles. The smallest absolute Gasteiger partial charge is 0.253 e. The van der Waals surface area contributed by atoms with E-state index in [1.807, 2.05) is 6.92 Å². The van der Waals surface area contributed by atoms with Crippen LogP contribution in [0.1, 0.15) is 41.9 Å². The van der Waals surface area contributed by atoms with Crippen molar-refractivity contribution in [3.8, 4) is 0 Å². The van der Waals surface area contributed by atoms with Crippen molar-refractivity contribution < 1.29 is 9.21 Å². The van der Waals surface area contributed by atoms with Crippen LogP contribution in [0.25, 0.3) is 0 Å². The average molecular weight is 309 g/mol. The Hall–Kier alpha value is -2.08. The van der Waals surface area contributed by atoms with Gasteiger partial charge < -0.3 is 15.1 Å². The maximum absolute atomic E-state index is 12.2. The molecule has 2 aromatic rings. The molecule has 1 unspecified atom stereocenters. The highest BCUT2D eigenvalue weighted by Gasteiger charge is 2.16. The number of anilines is 1. The summed E-state index contributed by atoms with van der Waals surface area (Å²) in [5.74, 6) is 1.44. The van der Waals surface area contributed by atoms with Crippen LogP contribution in [0.15, 0.2) is 22.9 Å². The van der Waals surface area contributed by atoms with Crippen molar-refractivity contribution in [2.75, 3.05) is 11.9 Å². The van der Waals surface area contributed by atoms with Gasteiger partial charge in [-0.05, 0) is 26.8 Å². The standard InChI is InChI=1S/C14H17ClN4O2/c1-4-16-12-11(15)5-10(7-17-12)13(20)19-9(3)14-18-6-8(2)21-14/h5-7,9H,4H2,1-3H3,(H,16,17)(H,19,20). The Labute approximate surface area is 127 Å². The first-order valence-corrected chi connectivity index (χ1v) is 7.01. The molecule has 2 aromatic heterocycles. The zero-order valence-corrected chi connectivity index (χ0v) is 12.9. The van der Waals surface area contributed by atoms with Crippen molar-refractivity contribution in [3.05, 3.63) is 40.7 Å². The van der Waals surface area contributed by atoms with E-state index in [1.54, 1.807) is 26.1 Å². The van der Waals surface area contributed by atoms with Gasteiger partial charge >= 0.3 is 0 Å². The number of oxazole rings is 1. The molecule has 6 nitrogen and oxygen atoms in total. The number of nitrogens with one attached hydrogen (secondary N) is 2. The molecule has 0 saturated heterocycles. The normalized spacial score (nSPS) is 12.0. The van der Waals surface area contributed by atoms with Crippen molar-refractivity contribution in [2.45, 2.75) is 26.8 Å². The summed E-state index contributed by atoms with van der Waals surface area (Å²) >= 11 is 6.07. The summed E-state index contributed by atoms with van der Waals surface area (Å²) in [6, 6.07) is 1.24. The Morgan fingerprint density at radius 3 is 2.76 bits per heavy atom. The summed E-state index contributed by atoms with van der Waals surface area (Å²) in [5.41, 5.74) is 0.386. The number of pyridine rings is 1. The third kappa shape index (κ3) is 3.72. The van der Waals surface area contributed by atoms with Gasteiger partial charge in [0.2, 0.25) is 5.89 Å². The Morgan fingerprint density at radius 1 is 1.43 bits per heavy atom. The minimum atomic E-state index is -0.335. The third-order valence-corrected chi connectivity index (χ3v) is 3.09. The van der Waals surface area contributed by atoms with Gasteiger partial charge in [0.25, 0.3) is 5.91 Å². The van der Waals surface area contributed by atoms with Gasteiger partial charge in [-0.15, -0.1) is 0 Å². The van der Waals surface area contributed by atoms with Crippen molar-refractivity contribution in [1.82, 2.24) is 15.3 Å². The third-order valence-electron chi connectivity index (χ3n) is 2.80. The Bertz CT molecular complexity index is 642. The van der Waals surface area contributed by atoms with E-state index in [0.29, 0.717) is 34.6 Å². The van der Waals surface area contributed by atoms with E-state index in [4.69, 9.17) is 16.0 Å². The number of hydrogen-bond donors (Lipinski definition) is 2. The van der Waals surface area contributed by atoms with Crippen LogP contribution >= 0.6 is 11.6 Å². The Balaban J connectivity index is 2.08. The molecule has 0 radical (unpaired) electrons. The van der Waals surface area contributed by atoms with Gasteiger partial charge in [-0.25, -0.2) is 9.97 Å². The fourth-order valence-corrected chi connectivity index (χ4v) is 2.01. The maximum Gasteiger partial charge on any atom is 0.253 e. The van der Waals surface area contributed by atoms with Crippen LogP contribution in [0.4, 0.5) is 5.82 Å². The van der Waals surface area contributed by atoms with E-state index in [-0.39, 0.29) is 11.9 Å². The second-order valence-corrected chi connectivity index (χ2v) is 5.00. The number of halogens is 1. The van der Waals surface area contributed by atoms with Gasteiger partial charge in [-0.2, -0.15) is 0 Å². The number of hydrogen-bond acceptors (Lipinski definition) is 5. The first-order valence-electron chi connectivity index (χ1n) is 6.64. The van der Waals surface area contributed by atoms with E-state index in [2.05, 4.69) is 20.6 Å². The van der Waals surface area contributed by atoms with Crippen LogP contribution in [0, 0.1) is 6.92 Å². The van der Waals surface area contributed by atoms with Crippen LogP contribution in [0.3, 0.4) is 0 Å². The van der Waals surface area contributed by atoms with Crippen LogP contribution in [0.2, 0.25) is 5.02 Å². The lowest BCUT2D eigenvalue weighted by molar-refractivity contribution is 0.0933. The van der Waals surface area contributed by atoms with Crippen molar-refractivity contribution in [1.29, 1.82) is 0 Å². The van der Waals surface area contributed by atoms with Gasteiger partial charge in [-0.1, -0.05) is 11.6 Å². The molecule has 0 bridgehead atoms. The molecule has 0 spiro atoms. The fourth-order valence-electron chi connectivity index (χ4n) is 1.77. The second kappa shape index (κ2) is 6.58. The van der Waals surface area contributed by atoms with Crippen molar-refractivity contribution >= 4 is 23.3 Å². The molecule has 112 valence electrons. The Morgan fingerprint density at radius 2 is 2.19 bits per heavy atom. The summed E-state index contributed by atoms with van der Waals surface area (Å²) < 4.78 is 5.38. The lowest BCUT2D eigenvalue weighted by Gasteiger charge is -2.11. The Kier molecular flexibility index (Phi) is 4.80. The highest BCUT2D eigenvalue weighted by Crippen LogP contribution is 2.20. The highest BCUT2D eigenvalue weighted by molar-refractivity contribution is 6.33. The minimum Gasteiger partial charge on any atom is -0.444 e. The number of aryl methyl sites for hydroxylation is 1. The summed E-state index contributed by atoms with van der Waals surface area (Å²) in [7, 11) is 0. The van der Waals surface area contributed by atoms with Crippen molar-refractivity contribution in [3.63, 3.8) is 0 Å². The molecule has 1 amide bonds. The van der Waals surface area contributed by atoms with E-state index in [1.165, 1.54) is 6.20 Å². The molecule has 0 fully saturated rings. The van der Waals surface area contributed by atoms with Crippen LogP contribution in [0.5, 0.6) is 0 Å². The molecule has 21 heavy (non-hydrogen) atoms. The molecule has 2 heterocycles. The molecule has 0 aliphatic heterocycles. The lowest BCUT2D eigenvalue weighted by Crippen LogP contribution is -2.27. The molecule has 2 rings (SSSR count). The SMILES string of the molecule is CCNc1ncc(C(=O)NC(C)c2ncc(C)o2)cc1Cl. The maximum atomic E-state index is 12.2. The predicted octanol–water partition coefficient (Wildman–Crippen LogP) is 2.95. The van der Waals surface area contributed by atoms with E-state index in [9.17, 15) is 4.79 Å². The first kappa shape index (κ1) is 15.3. The zero-order chi connectivity index (χ0) is 15.4. The van der Waals surface area contributed by atoms with E-state index < -0.39 is 0 Å². The number of aromatic nitrogens is 2. The van der Waals surface area contributed by atoms with Crippen LogP contribution in [-0.2, 0) is 0 Å². The molecular formula is C14H17ClN4O2.